The molecule has 0 aromatic carbocycles. The van der Waals surface area contributed by atoms with E-state index in [2.05, 4.69) is 17.2 Å². The first-order chi connectivity index (χ1) is 11.3. The van der Waals surface area contributed by atoms with Gasteiger partial charge in [0.15, 0.2) is 0 Å². The lowest BCUT2D eigenvalue weighted by Crippen LogP contribution is -2.28. The van der Waals surface area contributed by atoms with E-state index in [1.165, 1.54) is 13.5 Å². The molecule has 3 atom stereocenters. The van der Waals surface area contributed by atoms with E-state index >= 15 is 0 Å². The first-order valence-electron chi connectivity index (χ1n) is 8.02. The van der Waals surface area contributed by atoms with Gasteiger partial charge in [0.2, 0.25) is 10.0 Å². The Morgan fingerprint density at radius 1 is 1.50 bits per heavy atom. The van der Waals surface area contributed by atoms with E-state index in [0.717, 1.165) is 22.5 Å². The summed E-state index contributed by atoms with van der Waals surface area (Å²) in [5.41, 5.74) is 0.828. The second-order valence-electron chi connectivity index (χ2n) is 6.49. The van der Waals surface area contributed by atoms with Crippen LogP contribution in [0.5, 0.6) is 0 Å². The van der Waals surface area contributed by atoms with Gasteiger partial charge in [-0.05, 0) is 42.4 Å². The number of ether oxygens (including phenoxy) is 1. The highest BCUT2D eigenvalue weighted by Crippen LogP contribution is 2.42. The lowest BCUT2D eigenvalue weighted by atomic mass is 10.1. The van der Waals surface area contributed by atoms with Crippen LogP contribution in [-0.2, 0) is 20.6 Å². The number of sulfonamides is 1. The number of methoxy groups -OCH3 is 1. The van der Waals surface area contributed by atoms with E-state index in [-0.39, 0.29) is 6.04 Å². The molecule has 1 heterocycles. The molecule has 0 radical (unpaired) electrons. The molecule has 1 aliphatic carbocycles. The van der Waals surface area contributed by atoms with Gasteiger partial charge < -0.3 is 10.1 Å². The van der Waals surface area contributed by atoms with Crippen LogP contribution in [0.1, 0.15) is 25.3 Å². The highest BCUT2D eigenvalue weighted by Gasteiger charge is 2.39. The Kier molecular flexibility index (Phi) is 6.33. The molecule has 2 rings (SSSR count). The normalized spacial score (nSPS) is 21.4. The SMILES string of the molecule is COCCC(Nc1cc(CCl)cc(N(C)S(C)(=O)=O)n1)[C@H]1C[C@@H]1C. The van der Waals surface area contributed by atoms with Gasteiger partial charge in [-0.25, -0.2) is 13.4 Å². The van der Waals surface area contributed by atoms with Gasteiger partial charge >= 0.3 is 0 Å². The maximum atomic E-state index is 11.8. The lowest BCUT2D eigenvalue weighted by molar-refractivity contribution is 0.187. The quantitative estimate of drug-likeness (QED) is 0.672. The number of rotatable bonds is 9. The smallest absolute Gasteiger partial charge is 0.233 e. The lowest BCUT2D eigenvalue weighted by Gasteiger charge is -2.22. The number of nitrogens with one attached hydrogen (secondary N) is 1. The summed E-state index contributed by atoms with van der Waals surface area (Å²) in [7, 11) is -0.189. The van der Waals surface area contributed by atoms with Crippen LogP contribution >= 0.6 is 11.6 Å². The van der Waals surface area contributed by atoms with Gasteiger partial charge in [-0.3, -0.25) is 4.31 Å². The number of nitrogens with zero attached hydrogens (tertiary/aromatic N) is 2. The van der Waals surface area contributed by atoms with Crippen LogP contribution in [0.25, 0.3) is 0 Å². The number of aromatic nitrogens is 1. The van der Waals surface area contributed by atoms with Crippen LogP contribution < -0.4 is 9.62 Å². The minimum Gasteiger partial charge on any atom is -0.385 e. The summed E-state index contributed by atoms with van der Waals surface area (Å²) in [5.74, 6) is 2.60. The highest BCUT2D eigenvalue weighted by atomic mass is 35.5. The summed E-state index contributed by atoms with van der Waals surface area (Å²) in [6.45, 7) is 2.91. The molecule has 1 fully saturated rings. The van der Waals surface area contributed by atoms with Crippen molar-refractivity contribution in [2.45, 2.75) is 31.7 Å². The first-order valence-corrected chi connectivity index (χ1v) is 10.4. The molecule has 0 aliphatic heterocycles. The fourth-order valence-electron chi connectivity index (χ4n) is 2.79. The minimum atomic E-state index is -3.37. The van der Waals surface area contributed by atoms with Crippen LogP contribution in [0.15, 0.2) is 12.1 Å². The van der Waals surface area contributed by atoms with Gasteiger partial charge in [0.05, 0.1) is 6.26 Å². The molecular weight excluding hydrogens is 350 g/mol. The summed E-state index contributed by atoms with van der Waals surface area (Å²) in [5, 5.41) is 3.46. The topological polar surface area (TPSA) is 71.5 Å². The number of alkyl halides is 1. The van der Waals surface area contributed by atoms with Crippen molar-refractivity contribution < 1.29 is 13.2 Å². The summed E-state index contributed by atoms with van der Waals surface area (Å²) in [6, 6.07) is 3.83. The van der Waals surface area contributed by atoms with Crippen LogP contribution in [-0.4, -0.2) is 46.5 Å². The Morgan fingerprint density at radius 2 is 2.17 bits per heavy atom. The van der Waals surface area contributed by atoms with Crippen molar-refractivity contribution in [1.29, 1.82) is 0 Å². The molecule has 1 aromatic heterocycles. The average molecular weight is 376 g/mol. The number of halogens is 1. The first kappa shape index (κ1) is 19.3. The average Bonchev–Trinajstić information content (AvgIpc) is 3.26. The Morgan fingerprint density at radius 3 is 2.67 bits per heavy atom. The molecule has 0 saturated heterocycles. The predicted octanol–water partition coefficient (Wildman–Crippen LogP) is 2.69. The van der Waals surface area contributed by atoms with Gasteiger partial charge in [0, 0.05) is 32.7 Å². The van der Waals surface area contributed by atoms with Crippen LogP contribution in [0.3, 0.4) is 0 Å². The second kappa shape index (κ2) is 7.89. The zero-order valence-electron chi connectivity index (χ0n) is 14.6. The van der Waals surface area contributed by atoms with Crippen molar-refractivity contribution in [2.75, 3.05) is 36.6 Å². The third-order valence-corrected chi connectivity index (χ3v) is 5.99. The van der Waals surface area contributed by atoms with E-state index in [9.17, 15) is 8.42 Å². The van der Waals surface area contributed by atoms with Gasteiger partial charge in [-0.15, -0.1) is 11.6 Å². The van der Waals surface area contributed by atoms with Crippen molar-refractivity contribution in [2.24, 2.45) is 11.8 Å². The summed E-state index contributed by atoms with van der Waals surface area (Å²) >= 11 is 5.96. The summed E-state index contributed by atoms with van der Waals surface area (Å²) < 4.78 is 29.9. The van der Waals surface area contributed by atoms with E-state index in [4.69, 9.17) is 16.3 Å². The molecule has 6 nitrogen and oxygen atoms in total. The monoisotopic (exact) mass is 375 g/mol. The molecule has 0 bridgehead atoms. The molecule has 136 valence electrons. The zero-order chi connectivity index (χ0) is 17.9. The van der Waals surface area contributed by atoms with Gasteiger partial charge in [0.25, 0.3) is 0 Å². The second-order valence-corrected chi connectivity index (χ2v) is 8.77. The van der Waals surface area contributed by atoms with Gasteiger partial charge in [0.1, 0.15) is 11.6 Å². The van der Waals surface area contributed by atoms with Gasteiger partial charge in [-0.1, -0.05) is 6.92 Å². The largest absolute Gasteiger partial charge is 0.385 e. The Balaban J connectivity index is 2.24. The van der Waals surface area contributed by atoms with Crippen molar-refractivity contribution >= 4 is 33.3 Å². The van der Waals surface area contributed by atoms with E-state index < -0.39 is 10.0 Å². The Hall–Kier alpha value is -1.05. The molecular formula is C16H26ClN3O3S. The van der Waals surface area contributed by atoms with Crippen LogP contribution in [0, 0.1) is 11.8 Å². The maximum absolute atomic E-state index is 11.8. The molecule has 1 saturated carbocycles. The van der Waals surface area contributed by atoms with Crippen LogP contribution in [0.4, 0.5) is 11.6 Å². The standard InChI is InChI=1S/C16H26ClN3O3S/c1-11-7-13(11)14(5-6-23-3)18-15-8-12(10-17)9-16(19-15)20(2)24(4,21)22/h8-9,11,13-14H,5-7,10H2,1-4H3,(H,18,19)/t11-,13-,14?/m0/s1. The molecule has 1 unspecified atom stereocenters. The summed E-state index contributed by atoms with van der Waals surface area (Å²) in [6.07, 6.45) is 3.23. The van der Waals surface area contributed by atoms with Crippen molar-refractivity contribution in [1.82, 2.24) is 4.98 Å². The minimum absolute atomic E-state index is 0.259. The van der Waals surface area contributed by atoms with Crippen molar-refractivity contribution in [3.63, 3.8) is 0 Å². The molecule has 24 heavy (non-hydrogen) atoms. The number of pyridine rings is 1. The number of hydrogen-bond donors (Lipinski definition) is 1. The number of hydrogen-bond acceptors (Lipinski definition) is 5. The predicted molar refractivity (Wildman–Crippen MR) is 98.2 cm³/mol. The Bertz CT molecular complexity index is 669. The molecule has 1 aliphatic rings. The zero-order valence-corrected chi connectivity index (χ0v) is 16.2. The maximum Gasteiger partial charge on any atom is 0.233 e. The van der Waals surface area contributed by atoms with Gasteiger partial charge in [-0.2, -0.15) is 0 Å². The van der Waals surface area contributed by atoms with Crippen LogP contribution in [0.2, 0.25) is 0 Å². The number of anilines is 2. The Labute approximate surface area is 149 Å². The van der Waals surface area contributed by atoms with E-state index in [1.54, 1.807) is 13.2 Å². The van der Waals surface area contributed by atoms with Crippen molar-refractivity contribution in [3.8, 4) is 0 Å². The van der Waals surface area contributed by atoms with E-state index in [0.29, 0.717) is 36.0 Å². The molecule has 1 N–H and O–H groups in total. The molecule has 0 amide bonds. The molecule has 8 heteroatoms. The summed E-state index contributed by atoms with van der Waals surface area (Å²) in [4.78, 5) is 4.47. The third kappa shape index (κ3) is 4.97. The van der Waals surface area contributed by atoms with E-state index in [1.807, 2.05) is 6.07 Å². The van der Waals surface area contributed by atoms with Crippen molar-refractivity contribution in [3.05, 3.63) is 17.7 Å². The molecule has 1 aromatic rings. The molecule has 0 spiro atoms. The fourth-order valence-corrected chi connectivity index (χ4v) is 3.38. The fraction of sp³-hybridized carbons (Fsp3) is 0.688. The third-order valence-electron chi connectivity index (χ3n) is 4.50. The highest BCUT2D eigenvalue weighted by molar-refractivity contribution is 7.92.